The van der Waals surface area contributed by atoms with Crippen molar-refractivity contribution >= 4 is 45.4 Å². The van der Waals surface area contributed by atoms with Gasteiger partial charge in [0.05, 0.1) is 22.9 Å². The van der Waals surface area contributed by atoms with Crippen LogP contribution in [0.3, 0.4) is 0 Å². The van der Waals surface area contributed by atoms with E-state index in [0.29, 0.717) is 33.6 Å². The van der Waals surface area contributed by atoms with E-state index in [9.17, 15) is 10.2 Å². The molecule has 5 rings (SSSR count). The van der Waals surface area contributed by atoms with E-state index in [0.717, 1.165) is 16.3 Å². The van der Waals surface area contributed by atoms with Crippen molar-refractivity contribution in [2.45, 2.75) is 31.6 Å². The van der Waals surface area contributed by atoms with Crippen molar-refractivity contribution in [1.82, 2.24) is 14.6 Å². The quantitative estimate of drug-likeness (QED) is 0.437. The van der Waals surface area contributed by atoms with Crippen molar-refractivity contribution in [3.8, 4) is 11.3 Å². The minimum Gasteiger partial charge on any atom is -0.390 e. The van der Waals surface area contributed by atoms with Crippen LogP contribution >= 0.6 is 23.2 Å². The lowest BCUT2D eigenvalue weighted by molar-refractivity contribution is 0.0210. The Bertz CT molecular complexity index is 1260. The molecule has 2 aromatic carbocycles. The number of nitrogens with zero attached hydrogens (tertiary/aromatic N) is 3. The molecule has 0 saturated heterocycles. The Morgan fingerprint density at radius 2 is 1.80 bits per heavy atom. The number of anilines is 1. The molecule has 0 unspecified atom stereocenters. The zero-order chi connectivity index (χ0) is 21.0. The zero-order valence-electron chi connectivity index (χ0n) is 16.1. The number of fused-ring (bicyclic) bond motifs is 2. The molecule has 1 saturated carbocycles. The summed E-state index contributed by atoms with van der Waals surface area (Å²) in [5, 5.41) is 31.4. The number of rotatable bonds is 3. The minimum atomic E-state index is -0.840. The molecule has 1 aliphatic carbocycles. The first-order valence-corrected chi connectivity index (χ1v) is 10.5. The highest BCUT2D eigenvalue weighted by molar-refractivity contribution is 6.41. The highest BCUT2D eigenvalue weighted by atomic mass is 35.5. The summed E-state index contributed by atoms with van der Waals surface area (Å²) in [6.07, 6.45) is 0.764. The van der Waals surface area contributed by atoms with E-state index < -0.39 is 12.2 Å². The third kappa shape index (κ3) is 3.11. The normalized spacial score (nSPS) is 24.0. The Morgan fingerprint density at radius 1 is 1.03 bits per heavy atom. The van der Waals surface area contributed by atoms with Gasteiger partial charge in [-0.25, -0.2) is 4.98 Å². The molecule has 0 radical (unpaired) electrons. The largest absolute Gasteiger partial charge is 0.390 e. The summed E-state index contributed by atoms with van der Waals surface area (Å²) in [5.74, 6) is 0.702. The summed E-state index contributed by atoms with van der Waals surface area (Å²) in [4.78, 5) is 4.42. The molecular formula is C22H20Cl2N4O2. The van der Waals surface area contributed by atoms with E-state index in [-0.39, 0.29) is 12.0 Å². The molecule has 0 amide bonds. The van der Waals surface area contributed by atoms with Crippen LogP contribution in [-0.4, -0.2) is 43.1 Å². The van der Waals surface area contributed by atoms with Gasteiger partial charge in [-0.15, -0.1) is 0 Å². The van der Waals surface area contributed by atoms with Crippen molar-refractivity contribution in [1.29, 1.82) is 0 Å². The lowest BCUT2D eigenvalue weighted by Crippen LogP contribution is -2.35. The predicted molar refractivity (Wildman–Crippen MR) is 119 cm³/mol. The van der Waals surface area contributed by atoms with Crippen LogP contribution in [-0.2, 0) is 0 Å². The van der Waals surface area contributed by atoms with Crippen LogP contribution in [0.25, 0.3) is 27.7 Å². The molecule has 0 spiro atoms. The SMILES string of the molecule is C[C@@H]1C[C@@H](Nc2ccnc3cc(-c4c(Cl)cc(Cl)c5ccccc45)nn23)[C@H](O)[C@@H]1O. The van der Waals surface area contributed by atoms with Gasteiger partial charge in [0, 0.05) is 28.2 Å². The molecule has 30 heavy (non-hydrogen) atoms. The second-order valence-electron chi connectivity index (χ2n) is 7.84. The molecule has 3 N–H and O–H groups in total. The van der Waals surface area contributed by atoms with Crippen LogP contribution in [0.1, 0.15) is 13.3 Å². The standard InChI is InChI=1S/C22H20Cl2N4O2/c1-11-8-17(22(30)21(11)29)26-18-6-7-25-19-10-16(27-28(18)19)20-13-5-3-2-4-12(13)14(23)9-15(20)24/h2-7,9-11,17,21-22,26,29-30H,8H2,1H3/t11-,17-,21-,22+/m1/s1. The first-order chi connectivity index (χ1) is 14.4. The van der Waals surface area contributed by atoms with Gasteiger partial charge >= 0.3 is 0 Å². The molecule has 6 nitrogen and oxygen atoms in total. The Kier molecular flexibility index (Phi) is 4.82. The van der Waals surface area contributed by atoms with Crippen molar-refractivity contribution in [2.75, 3.05) is 5.32 Å². The fourth-order valence-corrected chi connectivity index (χ4v) is 4.91. The second-order valence-corrected chi connectivity index (χ2v) is 8.65. The van der Waals surface area contributed by atoms with Crippen LogP contribution in [0.2, 0.25) is 10.0 Å². The van der Waals surface area contributed by atoms with Crippen LogP contribution < -0.4 is 5.32 Å². The maximum absolute atomic E-state index is 10.3. The van der Waals surface area contributed by atoms with E-state index in [1.807, 2.05) is 37.3 Å². The third-order valence-corrected chi connectivity index (χ3v) is 6.48. The van der Waals surface area contributed by atoms with Crippen LogP contribution in [0.4, 0.5) is 5.82 Å². The second kappa shape index (κ2) is 7.39. The topological polar surface area (TPSA) is 82.7 Å². The number of aromatic nitrogens is 3. The van der Waals surface area contributed by atoms with E-state index >= 15 is 0 Å². The predicted octanol–water partition coefficient (Wildman–Crippen LogP) is 4.40. The summed E-state index contributed by atoms with van der Waals surface area (Å²) < 4.78 is 1.69. The highest BCUT2D eigenvalue weighted by Gasteiger charge is 2.39. The Morgan fingerprint density at radius 3 is 2.53 bits per heavy atom. The zero-order valence-corrected chi connectivity index (χ0v) is 17.6. The van der Waals surface area contributed by atoms with Gasteiger partial charge in [-0.05, 0) is 29.9 Å². The molecule has 0 aliphatic heterocycles. The number of hydrogen-bond acceptors (Lipinski definition) is 5. The lowest BCUT2D eigenvalue weighted by atomic mass is 10.0. The molecule has 154 valence electrons. The fourth-order valence-electron chi connectivity index (χ4n) is 4.27. The summed E-state index contributed by atoms with van der Waals surface area (Å²) in [6.45, 7) is 1.93. The van der Waals surface area contributed by atoms with Gasteiger partial charge in [-0.2, -0.15) is 9.61 Å². The lowest BCUT2D eigenvalue weighted by Gasteiger charge is -2.19. The van der Waals surface area contributed by atoms with E-state index in [4.69, 9.17) is 28.3 Å². The number of aliphatic hydroxyl groups excluding tert-OH is 2. The molecule has 0 bridgehead atoms. The smallest absolute Gasteiger partial charge is 0.157 e. The molecule has 4 aromatic rings. The third-order valence-electron chi connectivity index (χ3n) is 5.86. The number of hydrogen-bond donors (Lipinski definition) is 3. The summed E-state index contributed by atoms with van der Waals surface area (Å²) >= 11 is 12.9. The molecular weight excluding hydrogens is 423 g/mol. The Labute approximate surface area is 183 Å². The molecule has 2 aromatic heterocycles. The molecule has 1 aliphatic rings. The maximum atomic E-state index is 10.3. The van der Waals surface area contributed by atoms with E-state index in [1.165, 1.54) is 0 Å². The number of benzene rings is 2. The van der Waals surface area contributed by atoms with Crippen molar-refractivity contribution in [3.05, 3.63) is 58.7 Å². The molecule has 2 heterocycles. The number of nitrogens with one attached hydrogen (secondary N) is 1. The molecule has 8 heteroatoms. The van der Waals surface area contributed by atoms with Gasteiger partial charge < -0.3 is 15.5 Å². The van der Waals surface area contributed by atoms with Crippen LogP contribution in [0.15, 0.2) is 48.7 Å². The summed E-state index contributed by atoms with van der Waals surface area (Å²) in [5.41, 5.74) is 2.11. The van der Waals surface area contributed by atoms with E-state index in [1.54, 1.807) is 22.8 Å². The van der Waals surface area contributed by atoms with Crippen molar-refractivity contribution in [2.24, 2.45) is 5.92 Å². The van der Waals surface area contributed by atoms with Crippen LogP contribution in [0, 0.1) is 5.92 Å². The van der Waals surface area contributed by atoms with Gasteiger partial charge in [0.25, 0.3) is 0 Å². The maximum Gasteiger partial charge on any atom is 0.157 e. The minimum absolute atomic E-state index is 0.0160. The Hall–Kier alpha value is -2.38. The number of aliphatic hydroxyl groups is 2. The molecule has 1 fully saturated rings. The van der Waals surface area contributed by atoms with Crippen molar-refractivity contribution < 1.29 is 10.2 Å². The van der Waals surface area contributed by atoms with Gasteiger partial charge in [0.15, 0.2) is 5.65 Å². The first kappa shape index (κ1) is 19.6. The first-order valence-electron chi connectivity index (χ1n) is 9.78. The van der Waals surface area contributed by atoms with Crippen LogP contribution in [0.5, 0.6) is 0 Å². The average Bonchev–Trinajstić information content (AvgIpc) is 3.26. The Balaban J connectivity index is 1.61. The van der Waals surface area contributed by atoms with Gasteiger partial charge in [0.1, 0.15) is 11.9 Å². The summed E-state index contributed by atoms with van der Waals surface area (Å²) in [6, 6.07) is 12.9. The van der Waals surface area contributed by atoms with Gasteiger partial charge in [0.2, 0.25) is 0 Å². The van der Waals surface area contributed by atoms with Gasteiger partial charge in [-0.1, -0.05) is 54.4 Å². The van der Waals surface area contributed by atoms with E-state index in [2.05, 4.69) is 10.3 Å². The van der Waals surface area contributed by atoms with Gasteiger partial charge in [-0.3, -0.25) is 0 Å². The summed E-state index contributed by atoms with van der Waals surface area (Å²) in [7, 11) is 0. The average molecular weight is 443 g/mol. The monoisotopic (exact) mass is 442 g/mol. The van der Waals surface area contributed by atoms with Crippen molar-refractivity contribution in [3.63, 3.8) is 0 Å². The number of halogens is 2. The molecule has 4 atom stereocenters. The highest BCUT2D eigenvalue weighted by Crippen LogP contribution is 2.39. The fraction of sp³-hybridized carbons (Fsp3) is 0.273.